The van der Waals surface area contributed by atoms with Crippen LogP contribution in [0.25, 0.3) is 0 Å². The van der Waals surface area contributed by atoms with Crippen molar-refractivity contribution in [2.24, 2.45) is 5.92 Å². The van der Waals surface area contributed by atoms with E-state index in [1.807, 2.05) is 39.1 Å². The monoisotopic (exact) mass is 551 g/mol. The van der Waals surface area contributed by atoms with Crippen molar-refractivity contribution >= 4 is 21.6 Å². The summed E-state index contributed by atoms with van der Waals surface area (Å²) in [5.41, 5.74) is 2.56. The number of rotatable bonds is 9. The molecule has 3 atom stereocenters. The number of sulfonamides is 1. The third kappa shape index (κ3) is 6.79. The number of aryl methyl sites for hydroxylation is 1. The molecule has 1 aliphatic heterocycles. The minimum Gasteiger partial charge on any atom is -0.486 e. The van der Waals surface area contributed by atoms with Crippen molar-refractivity contribution in [3.63, 3.8) is 0 Å². The average Bonchev–Trinajstić information content (AvgIpc) is 2.91. The van der Waals surface area contributed by atoms with Crippen LogP contribution in [0, 0.1) is 12.8 Å². The van der Waals surface area contributed by atoms with Crippen LogP contribution in [0.4, 0.5) is 5.69 Å². The Kier molecular flexibility index (Phi) is 8.94. The molecule has 0 unspecified atom stereocenters. The van der Waals surface area contributed by atoms with E-state index in [9.17, 15) is 18.3 Å². The van der Waals surface area contributed by atoms with Crippen LogP contribution in [0.5, 0.6) is 5.75 Å². The molecule has 1 heterocycles. The van der Waals surface area contributed by atoms with Gasteiger partial charge in [0.25, 0.3) is 15.9 Å². The minimum absolute atomic E-state index is 0.101. The molecule has 8 nitrogen and oxygen atoms in total. The second-order valence-electron chi connectivity index (χ2n) is 10.4. The molecule has 2 N–H and O–H groups in total. The fourth-order valence-electron chi connectivity index (χ4n) is 4.73. The largest absolute Gasteiger partial charge is 0.486 e. The summed E-state index contributed by atoms with van der Waals surface area (Å²) in [5, 5.41) is 9.90. The van der Waals surface area contributed by atoms with Gasteiger partial charge in [0.2, 0.25) is 0 Å². The zero-order chi connectivity index (χ0) is 28.2. The van der Waals surface area contributed by atoms with E-state index < -0.39 is 16.1 Å². The molecule has 1 aliphatic rings. The quantitative estimate of drug-likeness (QED) is 0.415. The zero-order valence-electron chi connectivity index (χ0n) is 22.9. The predicted molar refractivity (Wildman–Crippen MR) is 152 cm³/mol. The highest BCUT2D eigenvalue weighted by atomic mass is 32.2. The maximum atomic E-state index is 13.7. The van der Waals surface area contributed by atoms with Gasteiger partial charge in [-0.1, -0.05) is 61.0 Å². The van der Waals surface area contributed by atoms with Crippen LogP contribution < -0.4 is 9.46 Å². The highest BCUT2D eigenvalue weighted by molar-refractivity contribution is 7.92. The van der Waals surface area contributed by atoms with Crippen LogP contribution in [-0.2, 0) is 16.6 Å². The Balaban J connectivity index is 1.71. The number of para-hydroxylation sites is 1. The highest BCUT2D eigenvalue weighted by Gasteiger charge is 2.35. The molecule has 0 aromatic heterocycles. The number of aliphatic hydroxyl groups is 1. The summed E-state index contributed by atoms with van der Waals surface area (Å²) >= 11 is 0. The van der Waals surface area contributed by atoms with Gasteiger partial charge in [-0.15, -0.1) is 0 Å². The number of hydrogen-bond acceptors (Lipinski definition) is 6. The fraction of sp³-hybridized carbons (Fsp3) is 0.367. The summed E-state index contributed by atoms with van der Waals surface area (Å²) in [6.45, 7) is 7.15. The van der Waals surface area contributed by atoms with Gasteiger partial charge in [-0.3, -0.25) is 14.4 Å². The normalized spacial score (nSPS) is 18.6. The van der Waals surface area contributed by atoms with Crippen molar-refractivity contribution in [2.75, 3.05) is 31.5 Å². The van der Waals surface area contributed by atoms with Gasteiger partial charge in [-0.2, -0.15) is 0 Å². The second-order valence-corrected chi connectivity index (χ2v) is 12.1. The topological polar surface area (TPSA) is 99.2 Å². The molecule has 208 valence electrons. The molecular weight excluding hydrogens is 514 g/mol. The zero-order valence-corrected chi connectivity index (χ0v) is 23.7. The van der Waals surface area contributed by atoms with Crippen LogP contribution in [0.15, 0.2) is 77.7 Å². The standard InChI is InChI=1S/C30H37N3O5S/c1-21-13-15-25(16-14-21)39(36,37)31-27-12-8-11-26-29(27)38-28(19-32(4)18-24-9-6-5-7-10-24)22(2)17-33(30(26)35)23(3)20-34/h5-16,22-23,28,31,34H,17-20H2,1-4H3/t22-,23+,28+/m0/s1. The molecule has 0 spiro atoms. The summed E-state index contributed by atoms with van der Waals surface area (Å²) in [7, 11) is -1.93. The van der Waals surface area contributed by atoms with E-state index >= 15 is 0 Å². The van der Waals surface area contributed by atoms with Gasteiger partial charge >= 0.3 is 0 Å². The average molecular weight is 552 g/mol. The number of carbonyl (C=O) groups excluding carboxylic acids is 1. The van der Waals surface area contributed by atoms with Crippen molar-refractivity contribution in [1.29, 1.82) is 0 Å². The van der Waals surface area contributed by atoms with Crippen molar-refractivity contribution in [1.82, 2.24) is 9.80 Å². The first-order valence-electron chi connectivity index (χ1n) is 13.1. The first-order chi connectivity index (χ1) is 18.6. The summed E-state index contributed by atoms with van der Waals surface area (Å²) in [4.78, 5) is 17.6. The van der Waals surface area contributed by atoms with E-state index in [-0.39, 0.29) is 46.4 Å². The Hall–Kier alpha value is -3.40. The van der Waals surface area contributed by atoms with E-state index in [1.165, 1.54) is 0 Å². The molecule has 0 aliphatic carbocycles. The molecule has 0 radical (unpaired) electrons. The molecule has 0 saturated heterocycles. The van der Waals surface area contributed by atoms with Gasteiger partial charge in [0.15, 0.2) is 5.75 Å². The first kappa shape index (κ1) is 28.6. The predicted octanol–water partition coefficient (Wildman–Crippen LogP) is 4.15. The summed E-state index contributed by atoms with van der Waals surface area (Å²) < 4.78 is 35.7. The number of nitrogens with zero attached hydrogens (tertiary/aromatic N) is 2. The summed E-state index contributed by atoms with van der Waals surface area (Å²) in [6, 6.07) is 21.1. The lowest BCUT2D eigenvalue weighted by atomic mass is 9.99. The number of amides is 1. The minimum atomic E-state index is -3.94. The Morgan fingerprint density at radius 3 is 2.44 bits per heavy atom. The third-order valence-electron chi connectivity index (χ3n) is 7.05. The van der Waals surface area contributed by atoms with Crippen LogP contribution in [0.2, 0.25) is 0 Å². The van der Waals surface area contributed by atoms with E-state index in [1.54, 1.807) is 54.3 Å². The van der Waals surface area contributed by atoms with Gasteiger partial charge < -0.3 is 14.7 Å². The Labute approximate surface area is 231 Å². The number of hydrogen-bond donors (Lipinski definition) is 2. The van der Waals surface area contributed by atoms with Gasteiger partial charge in [0, 0.05) is 25.6 Å². The number of ether oxygens (including phenoxy) is 1. The highest BCUT2D eigenvalue weighted by Crippen LogP contribution is 2.36. The van der Waals surface area contributed by atoms with E-state index in [0.717, 1.165) is 11.1 Å². The molecule has 0 saturated carbocycles. The number of benzene rings is 3. The summed E-state index contributed by atoms with van der Waals surface area (Å²) in [5.74, 6) is -0.222. The number of likely N-dealkylation sites (N-methyl/N-ethyl adjacent to an activating group) is 1. The van der Waals surface area contributed by atoms with E-state index in [0.29, 0.717) is 19.6 Å². The number of carbonyl (C=O) groups is 1. The maximum absolute atomic E-state index is 13.7. The molecular formula is C30H37N3O5S. The molecule has 0 bridgehead atoms. The lowest BCUT2D eigenvalue weighted by molar-refractivity contribution is 0.0344. The first-order valence-corrected chi connectivity index (χ1v) is 14.6. The molecule has 0 fully saturated rings. The molecule has 3 aromatic rings. The van der Waals surface area contributed by atoms with Crippen LogP contribution >= 0.6 is 0 Å². The maximum Gasteiger partial charge on any atom is 0.262 e. The lowest BCUT2D eigenvalue weighted by Gasteiger charge is -2.38. The van der Waals surface area contributed by atoms with Crippen LogP contribution in [0.3, 0.4) is 0 Å². The van der Waals surface area contributed by atoms with Crippen molar-refractivity contribution in [3.8, 4) is 5.75 Å². The number of nitrogens with one attached hydrogen (secondary N) is 1. The van der Waals surface area contributed by atoms with Gasteiger partial charge in [0.1, 0.15) is 6.10 Å². The molecule has 39 heavy (non-hydrogen) atoms. The molecule has 1 amide bonds. The Morgan fingerprint density at radius 2 is 1.77 bits per heavy atom. The second kappa shape index (κ2) is 12.2. The molecule has 3 aromatic carbocycles. The Bertz CT molecular complexity index is 1380. The van der Waals surface area contributed by atoms with Crippen molar-refractivity contribution < 1.29 is 23.1 Å². The van der Waals surface area contributed by atoms with Gasteiger partial charge in [-0.05, 0) is 50.7 Å². The lowest BCUT2D eigenvalue weighted by Crippen LogP contribution is -2.49. The van der Waals surface area contributed by atoms with Gasteiger partial charge in [0.05, 0.1) is 28.8 Å². The van der Waals surface area contributed by atoms with Crippen LogP contribution in [0.1, 0.15) is 35.3 Å². The smallest absolute Gasteiger partial charge is 0.262 e. The number of fused-ring (bicyclic) bond motifs is 1. The van der Waals surface area contributed by atoms with E-state index in [4.69, 9.17) is 4.74 Å². The number of aliphatic hydroxyl groups excluding tert-OH is 1. The van der Waals surface area contributed by atoms with Crippen LogP contribution in [-0.4, -0.2) is 68.1 Å². The van der Waals surface area contributed by atoms with E-state index in [2.05, 4.69) is 21.8 Å². The molecule has 9 heteroatoms. The summed E-state index contributed by atoms with van der Waals surface area (Å²) in [6.07, 6.45) is -0.357. The SMILES string of the molecule is Cc1ccc(S(=O)(=O)Nc2cccc3c2O[C@H](CN(C)Cc2ccccc2)[C@@H](C)CN([C@H](C)CO)C3=O)cc1. The van der Waals surface area contributed by atoms with Gasteiger partial charge in [-0.25, -0.2) is 8.42 Å². The Morgan fingerprint density at radius 1 is 1.08 bits per heavy atom. The van der Waals surface area contributed by atoms with Crippen molar-refractivity contribution in [3.05, 3.63) is 89.5 Å². The number of anilines is 1. The van der Waals surface area contributed by atoms with Crippen molar-refractivity contribution in [2.45, 2.75) is 44.4 Å². The third-order valence-corrected chi connectivity index (χ3v) is 8.44. The fourth-order valence-corrected chi connectivity index (χ4v) is 5.79. The molecule has 4 rings (SSSR count).